The first-order valence-electron chi connectivity index (χ1n) is 11.4. The van der Waals surface area contributed by atoms with Crippen molar-refractivity contribution in [3.05, 3.63) is 53.7 Å². The van der Waals surface area contributed by atoms with Crippen molar-refractivity contribution in [2.45, 2.75) is 36.6 Å². The Labute approximate surface area is 199 Å². The number of sulfonamides is 1. The lowest BCUT2D eigenvalue weighted by molar-refractivity contribution is -0.139. The van der Waals surface area contributed by atoms with E-state index in [0.717, 1.165) is 43.7 Å². The lowest BCUT2D eigenvalue weighted by Crippen LogP contribution is -2.49. The molecule has 1 atom stereocenters. The number of urea groups is 1. The van der Waals surface area contributed by atoms with E-state index in [2.05, 4.69) is 21.1 Å². The number of aromatic nitrogens is 1. The molecule has 0 aliphatic carbocycles. The molecule has 10 nitrogen and oxygen atoms in total. The molecule has 2 amide bonds. The minimum atomic E-state index is -4.02. The largest absolute Gasteiger partial charge is 0.480 e. The third kappa shape index (κ3) is 5.65. The van der Waals surface area contributed by atoms with Gasteiger partial charge in [-0.1, -0.05) is 24.3 Å². The van der Waals surface area contributed by atoms with Crippen LogP contribution in [0.1, 0.15) is 24.1 Å². The van der Waals surface area contributed by atoms with Gasteiger partial charge in [0.15, 0.2) is 0 Å². The number of carbonyl (C=O) groups is 2. The van der Waals surface area contributed by atoms with Crippen molar-refractivity contribution in [3.8, 4) is 0 Å². The summed E-state index contributed by atoms with van der Waals surface area (Å²) in [5, 5.41) is 12.9. The number of nitrogens with zero attached hydrogens (tertiary/aromatic N) is 3. The van der Waals surface area contributed by atoms with Gasteiger partial charge in [0, 0.05) is 38.4 Å². The van der Waals surface area contributed by atoms with Crippen molar-refractivity contribution in [1.82, 2.24) is 19.5 Å². The van der Waals surface area contributed by atoms with Crippen LogP contribution in [0.3, 0.4) is 0 Å². The second-order valence-corrected chi connectivity index (χ2v) is 10.2. The van der Waals surface area contributed by atoms with Gasteiger partial charge in [0.05, 0.1) is 4.90 Å². The zero-order valence-corrected chi connectivity index (χ0v) is 19.6. The number of anilines is 1. The van der Waals surface area contributed by atoms with Gasteiger partial charge < -0.3 is 20.2 Å². The van der Waals surface area contributed by atoms with Crippen LogP contribution in [0.25, 0.3) is 0 Å². The molecule has 0 bridgehead atoms. The highest BCUT2D eigenvalue weighted by molar-refractivity contribution is 7.89. The Morgan fingerprint density at radius 2 is 1.91 bits per heavy atom. The van der Waals surface area contributed by atoms with Crippen LogP contribution in [0.4, 0.5) is 10.6 Å². The molecule has 182 valence electrons. The molecule has 2 aromatic rings. The van der Waals surface area contributed by atoms with Crippen molar-refractivity contribution >= 4 is 27.8 Å². The van der Waals surface area contributed by atoms with Crippen molar-refractivity contribution in [2.24, 2.45) is 0 Å². The third-order valence-corrected chi connectivity index (χ3v) is 7.53. The molecule has 0 radical (unpaired) electrons. The number of hydrogen-bond donors (Lipinski definition) is 3. The van der Waals surface area contributed by atoms with Gasteiger partial charge in [-0.15, -0.1) is 0 Å². The fourth-order valence-corrected chi connectivity index (χ4v) is 5.41. The lowest BCUT2D eigenvalue weighted by Gasteiger charge is -2.22. The predicted molar refractivity (Wildman–Crippen MR) is 126 cm³/mol. The number of hydrogen-bond acceptors (Lipinski definition) is 6. The Morgan fingerprint density at radius 1 is 1.15 bits per heavy atom. The number of aliphatic carboxylic acids is 1. The van der Waals surface area contributed by atoms with E-state index in [1.807, 2.05) is 6.07 Å². The first-order chi connectivity index (χ1) is 16.3. The summed E-state index contributed by atoms with van der Waals surface area (Å²) in [5.74, 6) is -0.386. The Bertz CT molecular complexity index is 1140. The zero-order valence-electron chi connectivity index (χ0n) is 18.8. The van der Waals surface area contributed by atoms with Gasteiger partial charge in [-0.3, -0.25) is 4.79 Å². The van der Waals surface area contributed by atoms with Crippen LogP contribution in [0, 0.1) is 0 Å². The zero-order chi connectivity index (χ0) is 24.1. The van der Waals surface area contributed by atoms with E-state index in [1.54, 1.807) is 23.1 Å². The Kier molecular flexibility index (Phi) is 7.32. The minimum absolute atomic E-state index is 0.0263. The molecule has 2 aliphatic rings. The molecule has 4 rings (SSSR count). The molecule has 0 unspecified atom stereocenters. The predicted octanol–water partition coefficient (Wildman–Crippen LogP) is 1.54. The van der Waals surface area contributed by atoms with Crippen LogP contribution >= 0.6 is 0 Å². The highest BCUT2D eigenvalue weighted by Crippen LogP contribution is 2.20. The number of carboxylic acids is 1. The van der Waals surface area contributed by atoms with Crippen LogP contribution in [0.5, 0.6) is 0 Å². The molecular formula is C23H29N5O5S. The quantitative estimate of drug-likeness (QED) is 0.463. The summed E-state index contributed by atoms with van der Waals surface area (Å²) in [5.41, 5.74) is 2.20. The molecule has 0 spiro atoms. The van der Waals surface area contributed by atoms with Crippen molar-refractivity contribution < 1.29 is 23.1 Å². The number of pyridine rings is 1. The van der Waals surface area contributed by atoms with Crippen molar-refractivity contribution in [1.29, 1.82) is 0 Å². The Morgan fingerprint density at radius 3 is 2.68 bits per heavy atom. The lowest BCUT2D eigenvalue weighted by atomic mass is 10.1. The number of aryl methyl sites for hydroxylation is 2. The number of carboxylic acid groups (broad SMARTS) is 1. The maximum atomic E-state index is 12.8. The topological polar surface area (TPSA) is 132 Å². The normalized spacial score (nSPS) is 16.8. The van der Waals surface area contributed by atoms with E-state index in [0.29, 0.717) is 19.6 Å². The number of rotatable bonds is 10. The number of benzene rings is 1. The van der Waals surface area contributed by atoms with Gasteiger partial charge in [0.1, 0.15) is 11.9 Å². The second kappa shape index (κ2) is 10.4. The summed E-state index contributed by atoms with van der Waals surface area (Å²) < 4.78 is 27.3. The number of fused-ring (bicyclic) bond motifs is 1. The SMILES string of the molecule is O=C(O)[C@H](CN1CCN(CCCc2ccc3c(n2)NCCC3)C1=O)NS(=O)(=O)c1ccccc1. The number of carbonyl (C=O) groups excluding carboxylic acids is 1. The van der Waals surface area contributed by atoms with Crippen LogP contribution in [0.2, 0.25) is 0 Å². The first-order valence-corrected chi connectivity index (χ1v) is 12.9. The number of nitrogens with one attached hydrogen (secondary N) is 2. The van der Waals surface area contributed by atoms with Crippen LogP contribution in [-0.2, 0) is 27.7 Å². The van der Waals surface area contributed by atoms with Crippen molar-refractivity contribution in [2.75, 3.05) is 38.0 Å². The summed E-state index contributed by atoms with van der Waals surface area (Å²) in [7, 11) is -4.02. The monoisotopic (exact) mass is 487 g/mol. The summed E-state index contributed by atoms with van der Waals surface area (Å²) in [4.78, 5) is 32.2. The van der Waals surface area contributed by atoms with Gasteiger partial charge in [-0.05, 0) is 49.4 Å². The molecule has 3 heterocycles. The average molecular weight is 488 g/mol. The fourth-order valence-electron chi connectivity index (χ4n) is 4.21. The molecule has 1 aromatic heterocycles. The van der Waals surface area contributed by atoms with Gasteiger partial charge in [-0.25, -0.2) is 18.2 Å². The van der Waals surface area contributed by atoms with E-state index in [1.165, 1.54) is 22.6 Å². The molecule has 0 saturated carbocycles. The highest BCUT2D eigenvalue weighted by atomic mass is 32.2. The molecule has 34 heavy (non-hydrogen) atoms. The van der Waals surface area contributed by atoms with Crippen LogP contribution in [-0.4, -0.2) is 79.1 Å². The van der Waals surface area contributed by atoms with E-state index >= 15 is 0 Å². The van der Waals surface area contributed by atoms with E-state index in [4.69, 9.17) is 0 Å². The summed E-state index contributed by atoms with van der Waals surface area (Å²) in [6, 6.07) is 9.96. The molecular weight excluding hydrogens is 458 g/mol. The highest BCUT2D eigenvalue weighted by Gasteiger charge is 2.34. The maximum absolute atomic E-state index is 12.8. The van der Waals surface area contributed by atoms with Crippen LogP contribution < -0.4 is 10.0 Å². The Balaban J connectivity index is 1.30. The van der Waals surface area contributed by atoms with Crippen LogP contribution in [0.15, 0.2) is 47.4 Å². The van der Waals surface area contributed by atoms with Gasteiger partial charge in [-0.2, -0.15) is 4.72 Å². The summed E-state index contributed by atoms with van der Waals surface area (Å²) >= 11 is 0. The third-order valence-electron chi connectivity index (χ3n) is 6.05. The molecule has 11 heteroatoms. The van der Waals surface area contributed by atoms with E-state index < -0.39 is 22.0 Å². The Hall–Kier alpha value is -3.18. The molecule has 1 saturated heterocycles. The first kappa shape index (κ1) is 24.0. The fraction of sp³-hybridized carbons (Fsp3) is 0.435. The van der Waals surface area contributed by atoms with Gasteiger partial charge in [0.25, 0.3) is 0 Å². The molecule has 1 aromatic carbocycles. The van der Waals surface area contributed by atoms with E-state index in [-0.39, 0.29) is 17.5 Å². The second-order valence-electron chi connectivity index (χ2n) is 8.49. The van der Waals surface area contributed by atoms with Gasteiger partial charge in [0.2, 0.25) is 10.0 Å². The maximum Gasteiger partial charge on any atom is 0.323 e. The smallest absolute Gasteiger partial charge is 0.323 e. The summed E-state index contributed by atoms with van der Waals surface area (Å²) in [6.07, 6.45) is 3.60. The minimum Gasteiger partial charge on any atom is -0.480 e. The number of amides is 2. The standard InChI is InChI=1S/C23H29N5O5S/c29-22(30)20(26-34(32,33)19-8-2-1-3-9-19)16-28-15-14-27(23(28)31)13-5-7-18-11-10-17-6-4-12-24-21(17)25-18/h1-3,8-11,20,26H,4-7,12-16H2,(H,24,25)(H,29,30)/t20-/m0/s1. The van der Waals surface area contributed by atoms with Gasteiger partial charge >= 0.3 is 12.0 Å². The summed E-state index contributed by atoms with van der Waals surface area (Å²) in [6.45, 7) is 2.02. The molecule has 3 N–H and O–H groups in total. The average Bonchev–Trinajstić information content (AvgIpc) is 3.18. The van der Waals surface area contributed by atoms with E-state index in [9.17, 15) is 23.1 Å². The van der Waals surface area contributed by atoms with Crippen molar-refractivity contribution in [3.63, 3.8) is 0 Å². The molecule has 1 fully saturated rings. The molecule has 2 aliphatic heterocycles.